The number of hydrogen-bond donors (Lipinski definition) is 0. The molecular weight excluding hydrogens is 639 g/mol. The van der Waals surface area contributed by atoms with Crippen LogP contribution in [0.1, 0.15) is 0 Å². The molecule has 4 aromatic heterocycles. The van der Waals surface area contributed by atoms with Crippen LogP contribution in [0, 0.1) is 0 Å². The molecule has 0 aliphatic carbocycles. The summed E-state index contributed by atoms with van der Waals surface area (Å²) in [6.07, 6.45) is 0. The normalized spacial score (nSPS) is 12.2. The maximum atomic E-state index is 6.21. The first-order valence-corrected chi connectivity index (χ1v) is 17.6. The molecule has 12 rings (SSSR count). The summed E-state index contributed by atoms with van der Waals surface area (Å²) in [5.41, 5.74) is 13.4. The Labute approximate surface area is 296 Å². The van der Waals surface area contributed by atoms with Crippen LogP contribution in [0.4, 0.5) is 0 Å². The molecule has 52 heavy (non-hydrogen) atoms. The second-order valence-electron chi connectivity index (χ2n) is 13.7. The number of aromatic nitrogens is 1. The summed E-state index contributed by atoms with van der Waals surface area (Å²) >= 11 is 0. The van der Waals surface area contributed by atoms with Gasteiger partial charge in [0.05, 0.1) is 11.0 Å². The van der Waals surface area contributed by atoms with Gasteiger partial charge in [0.15, 0.2) is 0 Å². The summed E-state index contributed by atoms with van der Waals surface area (Å²) in [5, 5.41) is 9.13. The monoisotopic (exact) mass is 665 g/mol. The van der Waals surface area contributed by atoms with Crippen molar-refractivity contribution in [1.29, 1.82) is 0 Å². The van der Waals surface area contributed by atoms with Crippen LogP contribution in [0.15, 0.2) is 177 Å². The van der Waals surface area contributed by atoms with E-state index in [0.717, 1.165) is 105 Å². The van der Waals surface area contributed by atoms with E-state index in [1.54, 1.807) is 0 Å². The first kappa shape index (κ1) is 27.7. The van der Waals surface area contributed by atoms with Crippen molar-refractivity contribution in [2.24, 2.45) is 0 Å². The lowest BCUT2D eigenvalue weighted by molar-refractivity contribution is 0.668. The van der Waals surface area contributed by atoms with Gasteiger partial charge in [-0.2, -0.15) is 0 Å². The van der Waals surface area contributed by atoms with Gasteiger partial charge in [0.1, 0.15) is 33.5 Å². The number of fused-ring (bicyclic) bond motifs is 12. The van der Waals surface area contributed by atoms with Gasteiger partial charge in [-0.15, -0.1) is 0 Å². The summed E-state index contributed by atoms with van der Waals surface area (Å²) < 4.78 is 20.9. The minimum absolute atomic E-state index is 0.889. The Hall–Kier alpha value is -7.04. The number of benzene rings is 8. The average Bonchev–Trinajstić information content (AvgIpc) is 3.95. The Kier molecular flexibility index (Phi) is 5.47. The summed E-state index contributed by atoms with van der Waals surface area (Å²) in [4.78, 5) is 0. The van der Waals surface area contributed by atoms with Gasteiger partial charge in [0.2, 0.25) is 0 Å². The maximum absolute atomic E-state index is 6.21. The zero-order valence-corrected chi connectivity index (χ0v) is 27.8. The van der Waals surface area contributed by atoms with Crippen LogP contribution < -0.4 is 0 Å². The number of furan rings is 3. The van der Waals surface area contributed by atoms with Crippen molar-refractivity contribution in [1.82, 2.24) is 4.57 Å². The SMILES string of the molecule is c1ccc2c(c1)oc1ccc(-c3ccc4c(c3)c3cc(-c5ccc6oc7ccccc7c6c5)ccc3n4-c3ccc4oc5ccccc5c4c3)cc12. The molecule has 0 aliphatic rings. The zero-order valence-electron chi connectivity index (χ0n) is 27.8. The summed E-state index contributed by atoms with van der Waals surface area (Å²) in [6.45, 7) is 0. The molecule has 0 fully saturated rings. The molecule has 0 unspecified atom stereocenters. The summed E-state index contributed by atoms with van der Waals surface area (Å²) in [5.74, 6) is 0. The number of para-hydroxylation sites is 3. The molecule has 0 saturated carbocycles. The molecule has 0 bridgehead atoms. The van der Waals surface area contributed by atoms with Gasteiger partial charge in [-0.05, 0) is 107 Å². The van der Waals surface area contributed by atoms with Crippen LogP contribution in [0.2, 0.25) is 0 Å². The number of hydrogen-bond acceptors (Lipinski definition) is 3. The Balaban J connectivity index is 1.10. The highest BCUT2D eigenvalue weighted by Gasteiger charge is 2.18. The first-order valence-electron chi connectivity index (χ1n) is 17.6. The lowest BCUT2D eigenvalue weighted by Crippen LogP contribution is -1.93. The van der Waals surface area contributed by atoms with E-state index >= 15 is 0 Å². The summed E-state index contributed by atoms with van der Waals surface area (Å²) in [6, 6.07) is 58.0. The molecular formula is C48H27NO3. The molecule has 0 spiro atoms. The van der Waals surface area contributed by atoms with E-state index in [9.17, 15) is 0 Å². The molecule has 4 nitrogen and oxygen atoms in total. The minimum atomic E-state index is 0.889. The molecule has 0 radical (unpaired) electrons. The van der Waals surface area contributed by atoms with Gasteiger partial charge >= 0.3 is 0 Å². The van der Waals surface area contributed by atoms with E-state index in [0.29, 0.717) is 0 Å². The Morgan fingerprint density at radius 2 is 0.615 bits per heavy atom. The van der Waals surface area contributed by atoms with Crippen molar-refractivity contribution < 1.29 is 13.3 Å². The van der Waals surface area contributed by atoms with Gasteiger partial charge < -0.3 is 17.8 Å². The van der Waals surface area contributed by atoms with E-state index in [-0.39, 0.29) is 0 Å². The molecule has 4 heterocycles. The van der Waals surface area contributed by atoms with Crippen molar-refractivity contribution in [3.05, 3.63) is 164 Å². The molecule has 242 valence electrons. The van der Waals surface area contributed by atoms with Gasteiger partial charge in [0.25, 0.3) is 0 Å². The van der Waals surface area contributed by atoms with Crippen LogP contribution in [0.5, 0.6) is 0 Å². The Bertz CT molecular complexity index is 3250. The molecule has 0 N–H and O–H groups in total. The average molecular weight is 666 g/mol. The first-order chi connectivity index (χ1) is 25.7. The molecule has 4 heteroatoms. The van der Waals surface area contributed by atoms with E-state index < -0.39 is 0 Å². The number of rotatable bonds is 3. The van der Waals surface area contributed by atoms with E-state index in [1.807, 2.05) is 36.4 Å². The number of nitrogens with zero attached hydrogens (tertiary/aromatic N) is 1. The largest absolute Gasteiger partial charge is 0.456 e. The third kappa shape index (κ3) is 3.92. The molecule has 12 aromatic rings. The highest BCUT2D eigenvalue weighted by Crippen LogP contribution is 2.41. The fourth-order valence-corrected chi connectivity index (χ4v) is 8.33. The van der Waals surface area contributed by atoms with Crippen molar-refractivity contribution in [2.75, 3.05) is 0 Å². The van der Waals surface area contributed by atoms with Gasteiger partial charge in [0, 0.05) is 48.8 Å². The Morgan fingerprint density at radius 3 is 1.08 bits per heavy atom. The van der Waals surface area contributed by atoms with Crippen LogP contribution in [0.3, 0.4) is 0 Å². The van der Waals surface area contributed by atoms with Gasteiger partial charge in [-0.25, -0.2) is 0 Å². The van der Waals surface area contributed by atoms with Crippen molar-refractivity contribution >= 4 is 87.6 Å². The van der Waals surface area contributed by atoms with Crippen LogP contribution in [-0.4, -0.2) is 4.57 Å². The smallest absolute Gasteiger partial charge is 0.135 e. The van der Waals surface area contributed by atoms with Gasteiger partial charge in [-0.1, -0.05) is 78.9 Å². The second kappa shape index (κ2) is 10.3. The topological polar surface area (TPSA) is 44.4 Å². The van der Waals surface area contributed by atoms with Crippen molar-refractivity contribution in [3.63, 3.8) is 0 Å². The minimum Gasteiger partial charge on any atom is -0.456 e. The third-order valence-electron chi connectivity index (χ3n) is 10.8. The molecule has 0 aliphatic heterocycles. The fourth-order valence-electron chi connectivity index (χ4n) is 8.33. The van der Waals surface area contributed by atoms with E-state index in [2.05, 4.69) is 132 Å². The molecule has 0 saturated heterocycles. The zero-order chi connectivity index (χ0) is 33.9. The van der Waals surface area contributed by atoms with Crippen molar-refractivity contribution in [3.8, 4) is 27.9 Å². The van der Waals surface area contributed by atoms with Crippen LogP contribution in [0.25, 0.3) is 116 Å². The lowest BCUT2D eigenvalue weighted by Gasteiger charge is -2.09. The maximum Gasteiger partial charge on any atom is 0.135 e. The fraction of sp³-hybridized carbons (Fsp3) is 0. The molecule has 8 aromatic carbocycles. The van der Waals surface area contributed by atoms with E-state index in [4.69, 9.17) is 13.3 Å². The van der Waals surface area contributed by atoms with Crippen LogP contribution in [-0.2, 0) is 0 Å². The van der Waals surface area contributed by atoms with Crippen molar-refractivity contribution in [2.45, 2.75) is 0 Å². The highest BCUT2D eigenvalue weighted by molar-refractivity contribution is 6.14. The predicted molar refractivity (Wildman–Crippen MR) is 213 cm³/mol. The standard InChI is InChI=1S/C48H27NO3/c1-4-10-43-33(7-1)38-25-30(15-20-46(38)50-43)28-13-18-41-36(23-28)37-24-29(31-16-21-47-39(26-31)34-8-2-5-11-44(34)51-47)14-19-42(37)49(41)32-17-22-48-40(27-32)35-9-3-6-12-45(35)52-48/h1-27H. The van der Waals surface area contributed by atoms with E-state index in [1.165, 1.54) is 10.8 Å². The molecule has 0 amide bonds. The molecule has 0 atom stereocenters. The van der Waals surface area contributed by atoms with Crippen LogP contribution >= 0.6 is 0 Å². The quantitative estimate of drug-likeness (QED) is 0.189. The predicted octanol–water partition coefficient (Wildman–Crippen LogP) is 13.8. The lowest BCUT2D eigenvalue weighted by atomic mass is 9.98. The second-order valence-corrected chi connectivity index (χ2v) is 13.7. The summed E-state index contributed by atoms with van der Waals surface area (Å²) in [7, 11) is 0. The highest BCUT2D eigenvalue weighted by atomic mass is 16.3. The Morgan fingerprint density at radius 1 is 0.269 bits per heavy atom. The third-order valence-corrected chi connectivity index (χ3v) is 10.8. The van der Waals surface area contributed by atoms with Gasteiger partial charge in [-0.3, -0.25) is 0 Å².